The third-order valence-electron chi connectivity index (χ3n) is 3.20. The summed E-state index contributed by atoms with van der Waals surface area (Å²) in [5, 5.41) is 8.04. The van der Waals surface area contributed by atoms with E-state index >= 15 is 0 Å². The lowest BCUT2D eigenvalue weighted by molar-refractivity contribution is 0.0889. The molecule has 0 radical (unpaired) electrons. The Balaban J connectivity index is 2.36. The standard InChI is InChI=1S/C12H14BrClN2O4S/c1-12(2-3-20-6-12)16-11(17)7-4-8(14)10(13)9(5-7)21(15,18)19/h4-5H,2-3,6H2,1H3,(H,16,17)(H2,15,18,19). The summed E-state index contributed by atoms with van der Waals surface area (Å²) in [6.45, 7) is 2.84. The Hall–Kier alpha value is -0.670. The van der Waals surface area contributed by atoms with Gasteiger partial charge in [-0.25, -0.2) is 13.6 Å². The number of carbonyl (C=O) groups excluding carboxylic acids is 1. The van der Waals surface area contributed by atoms with Gasteiger partial charge in [0.1, 0.15) is 0 Å². The highest BCUT2D eigenvalue weighted by Gasteiger charge is 2.32. The molecule has 9 heteroatoms. The number of nitrogens with two attached hydrogens (primary N) is 1. The van der Waals surface area contributed by atoms with Crippen LogP contribution in [0.4, 0.5) is 0 Å². The Labute approximate surface area is 136 Å². The van der Waals surface area contributed by atoms with Gasteiger partial charge in [0.2, 0.25) is 10.0 Å². The zero-order chi connectivity index (χ0) is 15.8. The van der Waals surface area contributed by atoms with Crippen LogP contribution < -0.4 is 10.5 Å². The van der Waals surface area contributed by atoms with E-state index in [0.29, 0.717) is 19.6 Å². The summed E-state index contributed by atoms with van der Waals surface area (Å²) in [5.74, 6) is -0.428. The van der Waals surface area contributed by atoms with Crippen LogP contribution >= 0.6 is 27.5 Å². The fourth-order valence-corrected chi connectivity index (χ4v) is 3.85. The molecular formula is C12H14BrClN2O4S. The number of nitrogens with one attached hydrogen (secondary N) is 1. The maximum atomic E-state index is 12.3. The van der Waals surface area contributed by atoms with Crippen molar-refractivity contribution in [2.75, 3.05) is 13.2 Å². The van der Waals surface area contributed by atoms with Gasteiger partial charge in [-0.3, -0.25) is 4.79 Å². The third-order valence-corrected chi connectivity index (χ3v) is 5.78. The lowest BCUT2D eigenvalue weighted by Crippen LogP contribution is -2.46. The van der Waals surface area contributed by atoms with Crippen LogP contribution in [0.15, 0.2) is 21.5 Å². The van der Waals surface area contributed by atoms with Gasteiger partial charge in [-0.2, -0.15) is 0 Å². The number of benzene rings is 1. The van der Waals surface area contributed by atoms with Crippen LogP contribution in [0, 0.1) is 0 Å². The molecule has 1 aliphatic rings. The zero-order valence-electron chi connectivity index (χ0n) is 11.2. The molecular weight excluding hydrogens is 384 g/mol. The second-order valence-corrected chi connectivity index (χ2v) is 7.86. The zero-order valence-corrected chi connectivity index (χ0v) is 14.3. The van der Waals surface area contributed by atoms with Gasteiger partial charge in [0.25, 0.3) is 5.91 Å². The van der Waals surface area contributed by atoms with Crippen molar-refractivity contribution in [3.63, 3.8) is 0 Å². The van der Waals surface area contributed by atoms with Crippen molar-refractivity contribution in [3.05, 3.63) is 27.2 Å². The Morgan fingerprint density at radius 1 is 1.52 bits per heavy atom. The number of rotatable bonds is 3. The predicted octanol–water partition coefficient (Wildman–Crippen LogP) is 1.66. The van der Waals surface area contributed by atoms with Gasteiger partial charge in [0.15, 0.2) is 0 Å². The van der Waals surface area contributed by atoms with E-state index in [9.17, 15) is 13.2 Å². The van der Waals surface area contributed by atoms with E-state index in [2.05, 4.69) is 21.2 Å². The molecule has 1 amide bonds. The van der Waals surface area contributed by atoms with Crippen molar-refractivity contribution >= 4 is 43.5 Å². The predicted molar refractivity (Wildman–Crippen MR) is 81.8 cm³/mol. The molecule has 0 aliphatic carbocycles. The number of hydrogen-bond donors (Lipinski definition) is 2. The molecule has 0 spiro atoms. The molecule has 0 saturated carbocycles. The summed E-state index contributed by atoms with van der Waals surface area (Å²) in [7, 11) is -3.99. The fourth-order valence-electron chi connectivity index (χ4n) is 2.01. The minimum Gasteiger partial charge on any atom is -0.379 e. The Morgan fingerprint density at radius 3 is 2.71 bits per heavy atom. The molecule has 0 bridgehead atoms. The smallest absolute Gasteiger partial charge is 0.251 e. The molecule has 2 rings (SSSR count). The molecule has 1 heterocycles. The SMILES string of the molecule is CC1(NC(=O)c2cc(Cl)c(Br)c(S(N)(=O)=O)c2)CCOC1. The summed E-state index contributed by atoms with van der Waals surface area (Å²) < 4.78 is 28.4. The maximum Gasteiger partial charge on any atom is 0.251 e. The van der Waals surface area contributed by atoms with Crippen LogP contribution in [0.3, 0.4) is 0 Å². The van der Waals surface area contributed by atoms with E-state index in [0.717, 1.165) is 0 Å². The number of primary sulfonamides is 1. The number of sulfonamides is 1. The van der Waals surface area contributed by atoms with Crippen molar-refractivity contribution in [3.8, 4) is 0 Å². The molecule has 1 aromatic carbocycles. The first-order valence-corrected chi connectivity index (χ1v) is 8.76. The molecule has 1 atom stereocenters. The molecule has 0 aromatic heterocycles. The van der Waals surface area contributed by atoms with Crippen LogP contribution in [-0.2, 0) is 14.8 Å². The largest absolute Gasteiger partial charge is 0.379 e. The number of ether oxygens (including phenoxy) is 1. The first-order chi connectivity index (χ1) is 9.62. The van der Waals surface area contributed by atoms with Gasteiger partial charge in [-0.15, -0.1) is 0 Å². The topological polar surface area (TPSA) is 98.5 Å². The van der Waals surface area contributed by atoms with Crippen LogP contribution in [0.5, 0.6) is 0 Å². The van der Waals surface area contributed by atoms with E-state index in [1.807, 2.05) is 6.92 Å². The number of halogens is 2. The van der Waals surface area contributed by atoms with Crippen molar-refractivity contribution < 1.29 is 17.9 Å². The summed E-state index contributed by atoms with van der Waals surface area (Å²) in [5.41, 5.74) is -0.348. The normalized spacial score (nSPS) is 22.3. The van der Waals surface area contributed by atoms with Gasteiger partial charge in [0, 0.05) is 12.2 Å². The first-order valence-electron chi connectivity index (χ1n) is 6.04. The molecule has 1 aliphatic heterocycles. The molecule has 116 valence electrons. The number of carbonyl (C=O) groups is 1. The van der Waals surface area contributed by atoms with E-state index in [1.165, 1.54) is 12.1 Å². The molecule has 1 fully saturated rings. The van der Waals surface area contributed by atoms with Crippen LogP contribution in [0.2, 0.25) is 5.02 Å². The van der Waals surface area contributed by atoms with Crippen molar-refractivity contribution in [1.82, 2.24) is 5.32 Å². The highest BCUT2D eigenvalue weighted by molar-refractivity contribution is 9.10. The summed E-state index contributed by atoms with van der Waals surface area (Å²) in [6.07, 6.45) is 0.686. The molecule has 6 nitrogen and oxygen atoms in total. The Morgan fingerprint density at radius 2 is 2.19 bits per heavy atom. The Bertz CT molecular complexity index is 687. The highest BCUT2D eigenvalue weighted by atomic mass is 79.9. The molecule has 3 N–H and O–H groups in total. The second-order valence-electron chi connectivity index (χ2n) is 5.13. The lowest BCUT2D eigenvalue weighted by Gasteiger charge is -2.23. The average Bonchev–Trinajstić information content (AvgIpc) is 2.77. The fraction of sp³-hybridized carbons (Fsp3) is 0.417. The van der Waals surface area contributed by atoms with E-state index < -0.39 is 21.5 Å². The quantitative estimate of drug-likeness (QED) is 0.810. The van der Waals surface area contributed by atoms with E-state index in [4.69, 9.17) is 21.5 Å². The molecule has 1 unspecified atom stereocenters. The van der Waals surface area contributed by atoms with Gasteiger partial charge >= 0.3 is 0 Å². The lowest BCUT2D eigenvalue weighted by atomic mass is 10.0. The molecule has 1 saturated heterocycles. The highest BCUT2D eigenvalue weighted by Crippen LogP contribution is 2.31. The molecule has 1 aromatic rings. The summed E-state index contributed by atoms with van der Waals surface area (Å²) >= 11 is 9.00. The van der Waals surface area contributed by atoms with Gasteiger partial charge < -0.3 is 10.1 Å². The van der Waals surface area contributed by atoms with Crippen molar-refractivity contribution in [1.29, 1.82) is 0 Å². The first kappa shape index (κ1) is 16.7. The van der Waals surface area contributed by atoms with Gasteiger partial charge in [0.05, 0.1) is 26.5 Å². The van der Waals surface area contributed by atoms with Crippen LogP contribution in [0.25, 0.3) is 0 Å². The Kier molecular flexibility index (Phi) is 4.65. The van der Waals surface area contributed by atoms with E-state index in [1.54, 1.807) is 0 Å². The molecule has 21 heavy (non-hydrogen) atoms. The monoisotopic (exact) mass is 396 g/mol. The van der Waals surface area contributed by atoms with Crippen LogP contribution in [0.1, 0.15) is 23.7 Å². The van der Waals surface area contributed by atoms with Gasteiger partial charge in [-0.1, -0.05) is 11.6 Å². The second kappa shape index (κ2) is 5.85. The number of amides is 1. The summed E-state index contributed by atoms with van der Waals surface area (Å²) in [6, 6.07) is 2.58. The van der Waals surface area contributed by atoms with Crippen molar-refractivity contribution in [2.24, 2.45) is 5.14 Å². The summed E-state index contributed by atoms with van der Waals surface area (Å²) in [4.78, 5) is 12.0. The van der Waals surface area contributed by atoms with Crippen LogP contribution in [-0.4, -0.2) is 33.1 Å². The maximum absolute atomic E-state index is 12.3. The minimum atomic E-state index is -3.99. The van der Waals surface area contributed by atoms with Gasteiger partial charge in [-0.05, 0) is 41.4 Å². The average molecular weight is 398 g/mol. The third kappa shape index (κ3) is 3.75. The van der Waals surface area contributed by atoms with E-state index in [-0.39, 0.29) is 20.0 Å². The number of hydrogen-bond acceptors (Lipinski definition) is 4. The van der Waals surface area contributed by atoms with Crippen molar-refractivity contribution in [2.45, 2.75) is 23.8 Å². The minimum absolute atomic E-state index is 0.0968.